The number of ether oxygens (including phenoxy) is 1. The molecule has 1 aliphatic rings. The monoisotopic (exact) mass is 535 g/mol. The molecule has 1 aliphatic heterocycles. The summed E-state index contributed by atoms with van der Waals surface area (Å²) in [6.07, 6.45) is 4.02. The van der Waals surface area contributed by atoms with E-state index in [4.69, 9.17) is 4.74 Å². The number of hydrogen-bond donors (Lipinski definition) is 0. The first-order valence-electron chi connectivity index (χ1n) is 13.3. The Morgan fingerprint density at radius 1 is 0.750 bits per heavy atom. The third kappa shape index (κ3) is 3.52. The lowest BCUT2D eigenvalue weighted by atomic mass is 9.99. The standard InChI is InChI=1S/C36H26NO2P/c1-3-12-24-13-11-20-27(34(24)37-2)25-21-22-33-32(23-25)39-35-30-18-9-7-16-28(30)29-17-8-10-19-31(29)36(35)40(33,38)26-14-5-4-6-15-26/h3-23H,2H2,1H3/b12-3-. The topological polar surface area (TPSA) is 38.7 Å². The van der Waals surface area contributed by atoms with Gasteiger partial charge in [-0.05, 0) is 47.5 Å². The molecule has 0 spiro atoms. The maximum absolute atomic E-state index is 15.7. The van der Waals surface area contributed by atoms with Crippen molar-refractivity contribution < 1.29 is 9.30 Å². The molecule has 0 saturated carbocycles. The van der Waals surface area contributed by atoms with Crippen LogP contribution in [0.25, 0.3) is 38.7 Å². The van der Waals surface area contributed by atoms with Gasteiger partial charge in [-0.2, -0.15) is 0 Å². The van der Waals surface area contributed by atoms with Gasteiger partial charge in [0, 0.05) is 21.8 Å². The Morgan fingerprint density at radius 2 is 1.43 bits per heavy atom. The summed E-state index contributed by atoms with van der Waals surface area (Å²) in [7, 11) is -3.32. The molecule has 1 atom stereocenters. The van der Waals surface area contributed by atoms with Crippen molar-refractivity contribution in [1.29, 1.82) is 0 Å². The fraction of sp³-hybridized carbons (Fsp3) is 0.0278. The molecule has 7 rings (SSSR count). The third-order valence-electron chi connectivity index (χ3n) is 7.69. The van der Waals surface area contributed by atoms with E-state index in [0.29, 0.717) is 16.8 Å². The second-order valence-electron chi connectivity index (χ2n) is 9.90. The summed E-state index contributed by atoms with van der Waals surface area (Å²) in [5, 5.41) is 6.30. The van der Waals surface area contributed by atoms with Crippen LogP contribution in [-0.4, -0.2) is 6.72 Å². The molecule has 0 aromatic heterocycles. The molecule has 0 aliphatic carbocycles. The van der Waals surface area contributed by atoms with Crippen LogP contribution in [0.15, 0.2) is 126 Å². The number of aliphatic imine (C=N–C) groups is 1. The van der Waals surface area contributed by atoms with Crippen molar-refractivity contribution in [2.24, 2.45) is 4.99 Å². The number of nitrogens with zero attached hydrogens (tertiary/aromatic N) is 1. The van der Waals surface area contributed by atoms with E-state index in [2.05, 4.69) is 36.0 Å². The molecule has 0 fully saturated rings. The largest absolute Gasteiger partial charge is 0.455 e. The van der Waals surface area contributed by atoms with Gasteiger partial charge < -0.3 is 9.30 Å². The molecule has 40 heavy (non-hydrogen) atoms. The number of hydrogen-bond acceptors (Lipinski definition) is 3. The highest BCUT2D eigenvalue weighted by Crippen LogP contribution is 2.56. The predicted octanol–water partition coefficient (Wildman–Crippen LogP) is 8.77. The van der Waals surface area contributed by atoms with Gasteiger partial charge in [0.1, 0.15) is 11.5 Å². The second-order valence-corrected chi connectivity index (χ2v) is 12.6. The molecule has 4 heteroatoms. The van der Waals surface area contributed by atoms with Crippen molar-refractivity contribution in [2.45, 2.75) is 6.92 Å². The number of allylic oxidation sites excluding steroid dienone is 1. The summed E-state index contributed by atoms with van der Waals surface area (Å²) < 4.78 is 22.5. The highest BCUT2D eigenvalue weighted by Gasteiger charge is 2.41. The van der Waals surface area contributed by atoms with Gasteiger partial charge in [-0.1, -0.05) is 115 Å². The van der Waals surface area contributed by atoms with Crippen LogP contribution in [0.1, 0.15) is 12.5 Å². The molecule has 0 amide bonds. The average molecular weight is 536 g/mol. The molecule has 0 radical (unpaired) electrons. The molecule has 0 N–H and O–H groups in total. The van der Waals surface area contributed by atoms with Gasteiger partial charge in [-0.25, -0.2) is 0 Å². The first-order valence-corrected chi connectivity index (χ1v) is 15.0. The molecular weight excluding hydrogens is 509 g/mol. The minimum absolute atomic E-state index is 0.601. The lowest BCUT2D eigenvalue weighted by molar-refractivity contribution is 0.491. The summed E-state index contributed by atoms with van der Waals surface area (Å²) in [5.41, 5.74) is 3.67. The normalized spacial score (nSPS) is 16.0. The van der Waals surface area contributed by atoms with E-state index in [9.17, 15) is 0 Å². The maximum Gasteiger partial charge on any atom is 0.179 e. The number of rotatable bonds is 4. The molecule has 6 aromatic carbocycles. The molecule has 6 aromatic rings. The summed E-state index contributed by atoms with van der Waals surface area (Å²) in [4.78, 5) is 4.37. The summed E-state index contributed by atoms with van der Waals surface area (Å²) >= 11 is 0. The van der Waals surface area contributed by atoms with Crippen LogP contribution in [-0.2, 0) is 4.57 Å². The Hall–Kier alpha value is -4.72. The summed E-state index contributed by atoms with van der Waals surface area (Å²) in [6.45, 7) is 5.83. The van der Waals surface area contributed by atoms with E-state index < -0.39 is 7.14 Å². The zero-order valence-electron chi connectivity index (χ0n) is 22.0. The van der Waals surface area contributed by atoms with E-state index >= 15 is 4.57 Å². The Kier molecular flexibility index (Phi) is 5.77. The molecule has 0 bridgehead atoms. The van der Waals surface area contributed by atoms with E-state index in [-0.39, 0.29) is 0 Å². The predicted molar refractivity (Wildman–Crippen MR) is 170 cm³/mol. The van der Waals surface area contributed by atoms with Crippen molar-refractivity contribution >= 4 is 63.1 Å². The minimum Gasteiger partial charge on any atom is -0.455 e. The number of benzene rings is 6. The number of para-hydroxylation sites is 1. The maximum atomic E-state index is 15.7. The van der Waals surface area contributed by atoms with Crippen molar-refractivity contribution in [1.82, 2.24) is 0 Å². The van der Waals surface area contributed by atoms with Crippen LogP contribution in [0, 0.1) is 0 Å². The van der Waals surface area contributed by atoms with Gasteiger partial charge in [-0.15, -0.1) is 0 Å². The molecule has 3 nitrogen and oxygen atoms in total. The Morgan fingerprint density at radius 3 is 2.15 bits per heavy atom. The van der Waals surface area contributed by atoms with Crippen molar-refractivity contribution in [3.05, 3.63) is 127 Å². The zero-order valence-corrected chi connectivity index (χ0v) is 22.9. The second kappa shape index (κ2) is 9.48. The Labute approximate surface area is 233 Å². The Balaban J connectivity index is 1.57. The quantitative estimate of drug-likeness (QED) is 0.128. The zero-order chi connectivity index (χ0) is 27.3. The fourth-order valence-corrected chi connectivity index (χ4v) is 9.01. The van der Waals surface area contributed by atoms with Crippen LogP contribution in [0.3, 0.4) is 0 Å². The molecule has 1 unspecified atom stereocenters. The third-order valence-corrected chi connectivity index (χ3v) is 10.8. The fourth-order valence-electron chi connectivity index (χ4n) is 5.95. The van der Waals surface area contributed by atoms with E-state index in [1.165, 1.54) is 0 Å². The first kappa shape index (κ1) is 24.3. The van der Waals surface area contributed by atoms with E-state index in [0.717, 1.165) is 54.5 Å². The van der Waals surface area contributed by atoms with E-state index in [1.54, 1.807) is 0 Å². The Bertz CT molecular complexity index is 2040. The molecule has 192 valence electrons. The van der Waals surface area contributed by atoms with Crippen LogP contribution >= 0.6 is 7.14 Å². The van der Waals surface area contributed by atoms with Crippen molar-refractivity contribution in [3.8, 4) is 22.6 Å². The van der Waals surface area contributed by atoms with Gasteiger partial charge in [0.05, 0.1) is 16.3 Å². The highest BCUT2D eigenvalue weighted by atomic mass is 31.2. The van der Waals surface area contributed by atoms with Crippen molar-refractivity contribution in [3.63, 3.8) is 0 Å². The average Bonchev–Trinajstić information content (AvgIpc) is 3.01. The molecular formula is C36H26NO2P. The van der Waals surface area contributed by atoms with Gasteiger partial charge >= 0.3 is 0 Å². The number of fused-ring (bicyclic) bond motifs is 7. The summed E-state index contributed by atoms with van der Waals surface area (Å²) in [5.74, 6) is 1.26. The van der Waals surface area contributed by atoms with Gasteiger partial charge in [0.15, 0.2) is 7.14 Å². The van der Waals surface area contributed by atoms with Gasteiger partial charge in [-0.3, -0.25) is 4.99 Å². The van der Waals surface area contributed by atoms with Gasteiger partial charge in [0.25, 0.3) is 0 Å². The van der Waals surface area contributed by atoms with Crippen LogP contribution < -0.4 is 20.7 Å². The van der Waals surface area contributed by atoms with E-state index in [1.807, 2.05) is 110 Å². The SMILES string of the molecule is C=Nc1c(/C=C\C)cccc1-c1ccc2c(c1)Oc1c(c3ccccc3c3ccccc13)P2(=O)c1ccccc1. The molecule has 0 saturated heterocycles. The first-order chi connectivity index (χ1) is 19.6. The summed E-state index contributed by atoms with van der Waals surface area (Å²) in [6, 6.07) is 38.3. The molecule has 1 heterocycles. The lowest BCUT2D eigenvalue weighted by Gasteiger charge is -2.31. The van der Waals surface area contributed by atoms with Crippen molar-refractivity contribution in [2.75, 3.05) is 0 Å². The minimum atomic E-state index is -3.32. The lowest BCUT2D eigenvalue weighted by Crippen LogP contribution is -2.31. The smallest absolute Gasteiger partial charge is 0.179 e. The van der Waals surface area contributed by atoms with Crippen LogP contribution in [0.2, 0.25) is 0 Å². The highest BCUT2D eigenvalue weighted by molar-refractivity contribution is 7.86. The van der Waals surface area contributed by atoms with Crippen LogP contribution in [0.5, 0.6) is 11.5 Å². The van der Waals surface area contributed by atoms with Gasteiger partial charge in [0.2, 0.25) is 0 Å². The van der Waals surface area contributed by atoms with Crippen LogP contribution in [0.4, 0.5) is 5.69 Å².